The van der Waals surface area contributed by atoms with Gasteiger partial charge in [-0.05, 0) is 24.3 Å². The van der Waals surface area contributed by atoms with Crippen molar-refractivity contribution in [3.8, 4) is 11.5 Å². The van der Waals surface area contributed by atoms with E-state index in [0.717, 1.165) is 4.90 Å². The van der Waals surface area contributed by atoms with Crippen LogP contribution in [-0.4, -0.2) is 36.3 Å². The Hall–Kier alpha value is -3.00. The molecule has 3 rings (SSSR count). The van der Waals surface area contributed by atoms with Crippen LogP contribution in [0.3, 0.4) is 0 Å². The number of methoxy groups -OCH3 is 1. The quantitative estimate of drug-likeness (QED) is 0.435. The predicted molar refractivity (Wildman–Crippen MR) is 106 cm³/mol. The van der Waals surface area contributed by atoms with Crippen molar-refractivity contribution in [1.29, 1.82) is 0 Å². The molecule has 8 heteroatoms. The first-order valence-electron chi connectivity index (χ1n) is 8.72. The molecule has 0 spiro atoms. The van der Waals surface area contributed by atoms with Crippen LogP contribution in [-0.2, 0) is 5.75 Å². The number of rotatable bonds is 9. The second-order valence-corrected chi connectivity index (χ2v) is 6.79. The van der Waals surface area contributed by atoms with E-state index in [1.807, 2.05) is 42.5 Å². The normalized spacial score (nSPS) is 10.5. The summed E-state index contributed by atoms with van der Waals surface area (Å²) in [5, 5.41) is 6.76. The summed E-state index contributed by atoms with van der Waals surface area (Å²) in [6.07, 6.45) is 0. The molecule has 28 heavy (non-hydrogen) atoms. The highest BCUT2D eigenvalue weighted by molar-refractivity contribution is 7.98. The number of benzene rings is 2. The first kappa shape index (κ1) is 19.8. The van der Waals surface area contributed by atoms with Crippen molar-refractivity contribution >= 4 is 17.7 Å². The van der Waals surface area contributed by atoms with E-state index in [4.69, 9.17) is 14.0 Å². The standard InChI is InChI=1S/C20H21N3O4S/c1-14-22-19(23-27-14)13-28-18-10-6-3-7-15(18)20(24)21-11-12-26-17-9-5-4-8-16(17)25-2/h3-10H,11-13H2,1-2H3,(H,21,24). The molecule has 7 nitrogen and oxygen atoms in total. The molecule has 1 heterocycles. The topological polar surface area (TPSA) is 86.5 Å². The second kappa shape index (κ2) is 9.80. The zero-order valence-electron chi connectivity index (χ0n) is 15.7. The Morgan fingerprint density at radius 2 is 1.89 bits per heavy atom. The Balaban J connectivity index is 1.52. The van der Waals surface area contributed by atoms with E-state index in [9.17, 15) is 4.79 Å². The number of amides is 1. The molecular formula is C20H21N3O4S. The maximum Gasteiger partial charge on any atom is 0.252 e. The molecule has 0 radical (unpaired) electrons. The number of hydrogen-bond donors (Lipinski definition) is 1. The lowest BCUT2D eigenvalue weighted by Gasteiger charge is -2.12. The number of hydrogen-bond acceptors (Lipinski definition) is 7. The van der Waals surface area contributed by atoms with Gasteiger partial charge in [-0.3, -0.25) is 4.79 Å². The molecule has 0 aliphatic heterocycles. The second-order valence-electron chi connectivity index (χ2n) is 5.77. The number of carbonyl (C=O) groups excluding carboxylic acids is 1. The Morgan fingerprint density at radius 3 is 2.64 bits per heavy atom. The van der Waals surface area contributed by atoms with Crippen LogP contribution < -0.4 is 14.8 Å². The van der Waals surface area contributed by atoms with Gasteiger partial charge in [-0.25, -0.2) is 0 Å². The number of para-hydroxylation sites is 2. The van der Waals surface area contributed by atoms with Crippen LogP contribution in [0.15, 0.2) is 57.9 Å². The number of aryl methyl sites for hydroxylation is 1. The Bertz CT molecular complexity index is 929. The minimum absolute atomic E-state index is 0.156. The molecule has 0 bridgehead atoms. The minimum Gasteiger partial charge on any atom is -0.493 e. The molecule has 1 N–H and O–H groups in total. The molecule has 1 aromatic heterocycles. The lowest BCUT2D eigenvalue weighted by Crippen LogP contribution is -2.28. The van der Waals surface area contributed by atoms with Crippen molar-refractivity contribution in [2.45, 2.75) is 17.6 Å². The number of carbonyl (C=O) groups is 1. The van der Waals surface area contributed by atoms with Gasteiger partial charge >= 0.3 is 0 Å². The van der Waals surface area contributed by atoms with Crippen LogP contribution >= 0.6 is 11.8 Å². The highest BCUT2D eigenvalue weighted by Crippen LogP contribution is 2.26. The van der Waals surface area contributed by atoms with Gasteiger partial charge in [0.2, 0.25) is 5.89 Å². The summed E-state index contributed by atoms with van der Waals surface area (Å²) in [6, 6.07) is 14.8. The van der Waals surface area contributed by atoms with Crippen molar-refractivity contribution in [3.63, 3.8) is 0 Å². The molecule has 0 saturated carbocycles. The first-order valence-corrected chi connectivity index (χ1v) is 9.71. The molecule has 3 aromatic rings. The van der Waals surface area contributed by atoms with Crippen LogP contribution in [0.25, 0.3) is 0 Å². The Kier molecular flexibility index (Phi) is 6.91. The Labute approximate surface area is 167 Å². The van der Waals surface area contributed by atoms with Gasteiger partial charge in [0, 0.05) is 11.8 Å². The summed E-state index contributed by atoms with van der Waals surface area (Å²) < 4.78 is 15.9. The molecule has 0 aliphatic carbocycles. The van der Waals surface area contributed by atoms with Crippen LogP contribution in [0.1, 0.15) is 22.1 Å². The molecule has 146 valence electrons. The third-order valence-electron chi connectivity index (χ3n) is 3.77. The highest BCUT2D eigenvalue weighted by Gasteiger charge is 2.12. The predicted octanol–water partition coefficient (Wildman–Crippen LogP) is 3.49. The molecule has 0 unspecified atom stereocenters. The van der Waals surface area contributed by atoms with Crippen LogP contribution in [0.5, 0.6) is 11.5 Å². The number of ether oxygens (including phenoxy) is 2. The van der Waals surface area contributed by atoms with Crippen molar-refractivity contribution in [2.75, 3.05) is 20.3 Å². The molecule has 2 aromatic carbocycles. The Morgan fingerprint density at radius 1 is 1.14 bits per heavy atom. The van der Waals surface area contributed by atoms with E-state index in [0.29, 0.717) is 47.7 Å². The average Bonchev–Trinajstić information content (AvgIpc) is 3.15. The molecule has 0 aliphatic rings. The zero-order valence-corrected chi connectivity index (χ0v) is 16.5. The lowest BCUT2D eigenvalue weighted by atomic mass is 10.2. The van der Waals surface area contributed by atoms with Crippen LogP contribution in [0, 0.1) is 6.92 Å². The van der Waals surface area contributed by atoms with Crippen molar-refractivity contribution in [2.24, 2.45) is 0 Å². The van der Waals surface area contributed by atoms with E-state index < -0.39 is 0 Å². The fourth-order valence-electron chi connectivity index (χ4n) is 2.48. The third kappa shape index (κ3) is 5.26. The van der Waals surface area contributed by atoms with Crippen LogP contribution in [0.4, 0.5) is 0 Å². The number of thioether (sulfide) groups is 1. The van der Waals surface area contributed by atoms with Crippen molar-refractivity contribution < 1.29 is 18.8 Å². The van der Waals surface area contributed by atoms with Gasteiger partial charge in [-0.15, -0.1) is 11.8 Å². The average molecular weight is 399 g/mol. The molecule has 0 saturated heterocycles. The fourth-order valence-corrected chi connectivity index (χ4v) is 3.37. The number of aromatic nitrogens is 2. The summed E-state index contributed by atoms with van der Waals surface area (Å²) >= 11 is 1.49. The number of nitrogens with zero attached hydrogens (tertiary/aromatic N) is 2. The van der Waals surface area contributed by atoms with Crippen molar-refractivity contribution in [1.82, 2.24) is 15.5 Å². The van der Waals surface area contributed by atoms with E-state index in [1.165, 1.54) is 11.8 Å². The maximum absolute atomic E-state index is 12.6. The van der Waals surface area contributed by atoms with E-state index in [2.05, 4.69) is 15.5 Å². The van der Waals surface area contributed by atoms with Gasteiger partial charge in [0.25, 0.3) is 5.91 Å². The van der Waals surface area contributed by atoms with Crippen LogP contribution in [0.2, 0.25) is 0 Å². The first-order chi connectivity index (χ1) is 13.7. The molecular weight excluding hydrogens is 378 g/mol. The third-order valence-corrected chi connectivity index (χ3v) is 4.84. The number of nitrogens with one attached hydrogen (secondary N) is 1. The van der Waals surface area contributed by atoms with E-state index in [-0.39, 0.29) is 5.91 Å². The molecule has 0 atom stereocenters. The van der Waals surface area contributed by atoms with Gasteiger partial charge in [0.1, 0.15) is 6.61 Å². The largest absolute Gasteiger partial charge is 0.493 e. The van der Waals surface area contributed by atoms with E-state index in [1.54, 1.807) is 20.1 Å². The summed E-state index contributed by atoms with van der Waals surface area (Å²) in [5.41, 5.74) is 0.602. The van der Waals surface area contributed by atoms with Gasteiger partial charge in [0.05, 0.1) is 25.0 Å². The fraction of sp³-hybridized carbons (Fsp3) is 0.250. The van der Waals surface area contributed by atoms with Gasteiger partial charge < -0.3 is 19.3 Å². The zero-order chi connectivity index (χ0) is 19.8. The SMILES string of the molecule is COc1ccccc1OCCNC(=O)c1ccccc1SCc1noc(C)n1. The summed E-state index contributed by atoms with van der Waals surface area (Å²) in [7, 11) is 1.59. The smallest absolute Gasteiger partial charge is 0.252 e. The molecule has 1 amide bonds. The van der Waals surface area contributed by atoms with Gasteiger partial charge in [0.15, 0.2) is 17.3 Å². The summed E-state index contributed by atoms with van der Waals surface area (Å²) in [5.74, 6) is 2.80. The maximum atomic E-state index is 12.6. The summed E-state index contributed by atoms with van der Waals surface area (Å²) in [6.45, 7) is 2.46. The summed E-state index contributed by atoms with van der Waals surface area (Å²) in [4.78, 5) is 17.6. The lowest BCUT2D eigenvalue weighted by molar-refractivity contribution is 0.0944. The highest BCUT2D eigenvalue weighted by atomic mass is 32.2. The minimum atomic E-state index is -0.156. The monoisotopic (exact) mass is 399 g/mol. The van der Waals surface area contributed by atoms with Gasteiger partial charge in [-0.1, -0.05) is 29.4 Å². The van der Waals surface area contributed by atoms with E-state index >= 15 is 0 Å². The van der Waals surface area contributed by atoms with Gasteiger partial charge in [-0.2, -0.15) is 4.98 Å². The molecule has 0 fully saturated rings. The van der Waals surface area contributed by atoms with Crippen molar-refractivity contribution in [3.05, 3.63) is 65.8 Å².